The van der Waals surface area contributed by atoms with E-state index in [0.29, 0.717) is 43.1 Å². The van der Waals surface area contributed by atoms with Crippen molar-refractivity contribution in [2.45, 2.75) is 112 Å². The number of benzene rings is 2. The van der Waals surface area contributed by atoms with Crippen molar-refractivity contribution >= 4 is 17.7 Å². The molecule has 1 amide bonds. The van der Waals surface area contributed by atoms with Crippen LogP contribution >= 0.6 is 0 Å². The number of piperidine rings is 1. The molecule has 0 saturated carbocycles. The first-order valence-electron chi connectivity index (χ1n) is 17.7. The molecule has 0 aliphatic carbocycles. The molecule has 2 aromatic rings. The number of carbonyl (C=O) groups excluding carboxylic acids is 2. The number of ether oxygens (including phenoxy) is 5. The Bertz CT molecular complexity index is 1260. The van der Waals surface area contributed by atoms with Crippen LogP contribution in [0.3, 0.4) is 0 Å². The summed E-state index contributed by atoms with van der Waals surface area (Å²) in [4.78, 5) is 38.6. The van der Waals surface area contributed by atoms with Crippen molar-refractivity contribution in [3.05, 3.63) is 53.6 Å². The zero-order chi connectivity index (χ0) is 36.8. The number of unbranched alkanes of at least 4 members (excludes halogenated alkanes) is 1. The molecule has 0 radical (unpaired) electrons. The van der Waals surface area contributed by atoms with Crippen LogP contribution in [-0.4, -0.2) is 74.5 Å². The molecule has 1 fully saturated rings. The van der Waals surface area contributed by atoms with Crippen LogP contribution in [0.4, 0.5) is 0 Å². The predicted molar refractivity (Wildman–Crippen MR) is 192 cm³/mol. The highest BCUT2D eigenvalue weighted by molar-refractivity contribution is 6.38. The maximum absolute atomic E-state index is 13.1. The number of carbonyl (C=O) groups is 3. The number of aliphatic carboxylic acids is 1. The minimum absolute atomic E-state index is 0.0241. The third-order valence-corrected chi connectivity index (χ3v) is 8.48. The maximum Gasteiger partial charge on any atom is 0.341 e. The van der Waals surface area contributed by atoms with E-state index in [4.69, 9.17) is 28.8 Å². The summed E-state index contributed by atoms with van der Waals surface area (Å²) in [6, 6.07) is 12.7. The van der Waals surface area contributed by atoms with Gasteiger partial charge in [-0.05, 0) is 73.9 Å². The van der Waals surface area contributed by atoms with Crippen LogP contribution in [0, 0.1) is 5.41 Å². The van der Waals surface area contributed by atoms with Gasteiger partial charge in [-0.15, -0.1) is 0 Å². The van der Waals surface area contributed by atoms with Gasteiger partial charge >= 0.3 is 5.97 Å². The summed E-state index contributed by atoms with van der Waals surface area (Å²) in [6.45, 7) is 14.2. The van der Waals surface area contributed by atoms with Gasteiger partial charge in [-0.1, -0.05) is 79.5 Å². The van der Waals surface area contributed by atoms with E-state index in [1.807, 2.05) is 45.0 Å². The third-order valence-electron chi connectivity index (χ3n) is 8.48. The molecule has 3 rings (SSSR count). The first-order valence-corrected chi connectivity index (χ1v) is 17.7. The molecule has 0 aromatic heterocycles. The molecule has 1 N–H and O–H groups in total. The number of carboxylic acids is 1. The Morgan fingerprint density at radius 3 is 2.27 bits per heavy atom. The molecule has 0 bridgehead atoms. The van der Waals surface area contributed by atoms with E-state index in [0.717, 1.165) is 30.4 Å². The number of carboxylic acid groups (broad SMARTS) is 1. The fourth-order valence-corrected chi connectivity index (χ4v) is 4.97. The molecule has 1 heterocycles. The summed E-state index contributed by atoms with van der Waals surface area (Å²) in [5.41, 5.74) is 1.14. The second-order valence-electron chi connectivity index (χ2n) is 12.3. The van der Waals surface area contributed by atoms with Crippen molar-refractivity contribution in [3.8, 4) is 17.2 Å². The summed E-state index contributed by atoms with van der Waals surface area (Å²) in [6.07, 6.45) is 6.67. The lowest BCUT2D eigenvalue weighted by atomic mass is 9.84. The van der Waals surface area contributed by atoms with Crippen LogP contribution in [0.5, 0.6) is 17.2 Å². The van der Waals surface area contributed by atoms with E-state index in [1.54, 1.807) is 51.2 Å². The standard InChI is InChI=1S/C33H45NO9.C4H10.C2H6/c1-6-33(2,3)31(37)32(38)34-17-8-7-11-25(34)20-41-22-43-27(24-10-9-12-26(19-24)42-21-30(35)36)15-13-23-14-16-28(39-4)29(18-23)40-5;1-3-4-2;1-2/h9-10,12,14,16,18-19,25,27H,6-8,11,13,15,17,20-22H2,1-5H3,(H,35,36);3-4H2,1-2H3;1-2H3/t25?,27-;;/m1../s1. The lowest BCUT2D eigenvalue weighted by Gasteiger charge is -2.36. The third kappa shape index (κ3) is 14.8. The fraction of sp³-hybridized carbons (Fsp3) is 0.615. The van der Waals surface area contributed by atoms with Gasteiger partial charge in [0.15, 0.2) is 18.1 Å². The number of rotatable bonds is 18. The predicted octanol–water partition coefficient (Wildman–Crippen LogP) is 8.05. The largest absolute Gasteiger partial charge is 0.493 e. The number of methoxy groups -OCH3 is 2. The number of hydrogen-bond donors (Lipinski definition) is 1. The first-order chi connectivity index (χ1) is 23.5. The van der Waals surface area contributed by atoms with Crippen molar-refractivity contribution in [2.24, 2.45) is 5.41 Å². The Morgan fingerprint density at radius 2 is 1.65 bits per heavy atom. The summed E-state index contributed by atoms with van der Waals surface area (Å²) in [7, 11) is 3.18. The molecular formula is C39H61NO9. The Kier molecular flexibility index (Phi) is 21.0. The fourth-order valence-electron chi connectivity index (χ4n) is 4.97. The van der Waals surface area contributed by atoms with Crippen LogP contribution in [0.25, 0.3) is 0 Å². The molecular weight excluding hydrogens is 626 g/mol. The average Bonchev–Trinajstić information content (AvgIpc) is 3.14. The lowest BCUT2D eigenvalue weighted by molar-refractivity contribution is -0.154. The molecule has 49 heavy (non-hydrogen) atoms. The normalized spacial score (nSPS) is 14.7. The summed E-state index contributed by atoms with van der Waals surface area (Å²) >= 11 is 0. The number of aryl methyl sites for hydroxylation is 1. The number of ketones is 1. The van der Waals surface area contributed by atoms with Gasteiger partial charge in [0, 0.05) is 12.0 Å². The van der Waals surface area contributed by atoms with Gasteiger partial charge in [0.1, 0.15) is 12.5 Å². The van der Waals surface area contributed by atoms with E-state index in [-0.39, 0.29) is 25.2 Å². The molecule has 1 unspecified atom stereocenters. The average molecular weight is 688 g/mol. The van der Waals surface area contributed by atoms with E-state index in [2.05, 4.69) is 13.8 Å². The molecule has 0 spiro atoms. The molecule has 1 aliphatic heterocycles. The monoisotopic (exact) mass is 687 g/mol. The van der Waals surface area contributed by atoms with E-state index >= 15 is 0 Å². The zero-order valence-electron chi connectivity index (χ0n) is 31.3. The van der Waals surface area contributed by atoms with Crippen molar-refractivity contribution in [3.63, 3.8) is 0 Å². The van der Waals surface area contributed by atoms with E-state index in [9.17, 15) is 14.4 Å². The van der Waals surface area contributed by atoms with Crippen molar-refractivity contribution in [1.29, 1.82) is 0 Å². The van der Waals surface area contributed by atoms with Crippen LogP contribution in [0.1, 0.15) is 111 Å². The summed E-state index contributed by atoms with van der Waals surface area (Å²) in [5.74, 6) is -0.152. The number of amides is 1. The second kappa shape index (κ2) is 23.7. The van der Waals surface area contributed by atoms with Gasteiger partial charge in [0.05, 0.1) is 33.0 Å². The Balaban J connectivity index is 0.00000186. The van der Waals surface area contributed by atoms with Gasteiger partial charge < -0.3 is 33.7 Å². The SMILES string of the molecule is CC.CCC(C)(C)C(=O)C(=O)N1CCCCC1COCO[C@H](CCc1ccc(OC)c(OC)c1)c1cccc(OCC(=O)O)c1.CCCC. The van der Waals surface area contributed by atoms with Gasteiger partial charge in [-0.25, -0.2) is 4.79 Å². The summed E-state index contributed by atoms with van der Waals surface area (Å²) < 4.78 is 28.3. The molecule has 2 atom stereocenters. The quantitative estimate of drug-likeness (QED) is 0.0943. The Labute approximate surface area is 294 Å². The van der Waals surface area contributed by atoms with Crippen LogP contribution in [-0.2, 0) is 30.3 Å². The lowest BCUT2D eigenvalue weighted by Crippen LogP contribution is -2.51. The summed E-state index contributed by atoms with van der Waals surface area (Å²) in [5, 5.41) is 9.00. The van der Waals surface area contributed by atoms with Crippen molar-refractivity contribution in [1.82, 2.24) is 4.90 Å². The van der Waals surface area contributed by atoms with Gasteiger partial charge in [0.2, 0.25) is 5.78 Å². The number of Topliss-reactive ketones (excluding diaryl/α,β-unsaturated/α-hetero) is 1. The number of nitrogens with zero attached hydrogens (tertiary/aromatic N) is 1. The Hall–Kier alpha value is -3.63. The van der Waals surface area contributed by atoms with Crippen LogP contribution in [0.2, 0.25) is 0 Å². The molecule has 10 nitrogen and oxygen atoms in total. The van der Waals surface area contributed by atoms with Gasteiger partial charge in [-0.2, -0.15) is 0 Å². The molecule has 1 aliphatic rings. The number of hydrogen-bond acceptors (Lipinski definition) is 8. The van der Waals surface area contributed by atoms with E-state index in [1.165, 1.54) is 12.8 Å². The van der Waals surface area contributed by atoms with E-state index < -0.39 is 30.0 Å². The minimum Gasteiger partial charge on any atom is -0.493 e. The molecule has 2 aromatic carbocycles. The number of likely N-dealkylation sites (tertiary alicyclic amines) is 1. The molecule has 276 valence electrons. The van der Waals surface area contributed by atoms with Crippen molar-refractivity contribution < 1.29 is 43.2 Å². The van der Waals surface area contributed by atoms with Crippen LogP contribution < -0.4 is 14.2 Å². The second-order valence-corrected chi connectivity index (χ2v) is 12.3. The smallest absolute Gasteiger partial charge is 0.341 e. The van der Waals surface area contributed by atoms with Crippen LogP contribution in [0.15, 0.2) is 42.5 Å². The highest BCUT2D eigenvalue weighted by Gasteiger charge is 2.37. The van der Waals surface area contributed by atoms with Gasteiger partial charge in [0.25, 0.3) is 5.91 Å². The van der Waals surface area contributed by atoms with Gasteiger partial charge in [-0.3, -0.25) is 9.59 Å². The maximum atomic E-state index is 13.1. The first kappa shape index (κ1) is 43.4. The topological polar surface area (TPSA) is 121 Å². The molecule has 10 heteroatoms. The highest BCUT2D eigenvalue weighted by atomic mass is 16.7. The highest BCUT2D eigenvalue weighted by Crippen LogP contribution is 2.31. The minimum atomic E-state index is -1.06. The van der Waals surface area contributed by atoms with Crippen molar-refractivity contribution in [2.75, 3.05) is 40.8 Å². The molecule has 1 saturated heterocycles. The Morgan fingerprint density at radius 1 is 0.959 bits per heavy atom. The zero-order valence-corrected chi connectivity index (χ0v) is 31.3.